The van der Waals surface area contributed by atoms with Gasteiger partial charge in [0.15, 0.2) is 0 Å². The Bertz CT molecular complexity index is 2420. The topological polar surface area (TPSA) is 136 Å². The van der Waals surface area contributed by atoms with E-state index in [1.807, 2.05) is 12.1 Å². The number of piperidine rings is 2. The quantitative estimate of drug-likeness (QED) is 0.129. The van der Waals surface area contributed by atoms with Gasteiger partial charge in [0.25, 0.3) is 12.3 Å². The monoisotopic (exact) mass is 792 g/mol. The summed E-state index contributed by atoms with van der Waals surface area (Å²) in [6.45, 7) is 2.77. The summed E-state index contributed by atoms with van der Waals surface area (Å²) in [6.07, 6.45) is -0.0497. The summed E-state index contributed by atoms with van der Waals surface area (Å²) in [7, 11) is 1.73. The SMILES string of the molecule is Cn1c(=O)n(C2CCC(=O)NC2=O)c2cccc(C3CCN(C[C@H]4CC[C@H](n5cc6cc(NC(=O)c7cccc(C(F)(F)F)n7)c(C(F)F)cc6n5)CC4)CC3)c21. The van der Waals surface area contributed by atoms with E-state index in [1.54, 1.807) is 22.5 Å². The maximum atomic E-state index is 14.1. The number of pyridine rings is 1. The van der Waals surface area contributed by atoms with Crippen LogP contribution in [0.25, 0.3) is 21.9 Å². The number of nitrogens with one attached hydrogen (secondary N) is 2. The van der Waals surface area contributed by atoms with Crippen LogP contribution in [0.1, 0.15) is 103 Å². The van der Waals surface area contributed by atoms with Crippen LogP contribution in [0.4, 0.5) is 27.6 Å². The van der Waals surface area contributed by atoms with Crippen LogP contribution in [0.2, 0.25) is 0 Å². The number of hydrogen-bond acceptors (Lipinski definition) is 7. The van der Waals surface area contributed by atoms with E-state index < -0.39 is 47.4 Å². The molecule has 0 bridgehead atoms. The lowest BCUT2D eigenvalue weighted by Crippen LogP contribution is -2.44. The first kappa shape index (κ1) is 38.4. The highest BCUT2D eigenvalue weighted by atomic mass is 19.4. The van der Waals surface area contributed by atoms with Crippen molar-refractivity contribution >= 4 is 45.3 Å². The molecule has 2 aliphatic heterocycles. The number of nitrogens with zero attached hydrogens (tertiary/aromatic N) is 6. The van der Waals surface area contributed by atoms with Crippen LogP contribution in [0.3, 0.4) is 0 Å². The Morgan fingerprint density at radius 3 is 2.40 bits per heavy atom. The Morgan fingerprint density at radius 2 is 1.70 bits per heavy atom. The molecule has 2 N–H and O–H groups in total. The summed E-state index contributed by atoms with van der Waals surface area (Å²) in [5.41, 5.74) is 0.146. The third-order valence-electron chi connectivity index (χ3n) is 11.8. The number of para-hydroxylation sites is 1. The molecule has 2 aromatic carbocycles. The number of halogens is 5. The molecular formula is C40H41F5N8O4. The number of rotatable bonds is 8. The zero-order valence-electron chi connectivity index (χ0n) is 31.1. The van der Waals surface area contributed by atoms with Crippen LogP contribution in [0.5, 0.6) is 0 Å². The van der Waals surface area contributed by atoms with Crippen LogP contribution in [0.15, 0.2) is 59.5 Å². The van der Waals surface area contributed by atoms with Crippen molar-refractivity contribution in [2.75, 3.05) is 25.0 Å². The van der Waals surface area contributed by atoms with E-state index in [-0.39, 0.29) is 42.1 Å². The highest BCUT2D eigenvalue weighted by Gasteiger charge is 2.35. The number of likely N-dealkylation sites (tertiary alicyclic amines) is 1. The zero-order valence-corrected chi connectivity index (χ0v) is 31.1. The van der Waals surface area contributed by atoms with Gasteiger partial charge in [0.2, 0.25) is 11.8 Å². The lowest BCUT2D eigenvalue weighted by atomic mass is 9.84. The van der Waals surface area contributed by atoms with Crippen molar-refractivity contribution < 1.29 is 36.3 Å². The number of fused-ring (bicyclic) bond motifs is 2. The molecule has 2 saturated heterocycles. The molecule has 12 nitrogen and oxygen atoms in total. The Labute approximate surface area is 323 Å². The third-order valence-corrected chi connectivity index (χ3v) is 11.8. The summed E-state index contributed by atoms with van der Waals surface area (Å²) in [6, 6.07) is 10.6. The predicted octanol–water partition coefficient (Wildman–Crippen LogP) is 6.88. The fraction of sp³-hybridized carbons (Fsp3) is 0.450. The molecule has 1 aliphatic carbocycles. The highest BCUT2D eigenvalue weighted by molar-refractivity contribution is 6.04. The van der Waals surface area contributed by atoms with Crippen LogP contribution in [-0.4, -0.2) is 66.2 Å². The molecule has 1 unspecified atom stereocenters. The first-order chi connectivity index (χ1) is 27.2. The normalized spacial score (nSPS) is 21.4. The molecule has 1 saturated carbocycles. The van der Waals surface area contributed by atoms with Crippen molar-refractivity contribution in [1.82, 2.24) is 34.1 Å². The lowest BCUT2D eigenvalue weighted by molar-refractivity contribution is -0.141. The van der Waals surface area contributed by atoms with Crippen molar-refractivity contribution in [2.45, 2.75) is 82.0 Å². The minimum atomic E-state index is -4.77. The molecule has 17 heteroatoms. The van der Waals surface area contributed by atoms with E-state index in [1.165, 1.54) is 16.7 Å². The molecule has 5 aromatic rings. The Kier molecular flexibility index (Phi) is 10.2. The predicted molar refractivity (Wildman–Crippen MR) is 200 cm³/mol. The number of imidazole rings is 1. The van der Waals surface area contributed by atoms with Crippen LogP contribution in [-0.2, 0) is 22.8 Å². The van der Waals surface area contributed by atoms with Gasteiger partial charge in [-0.05, 0) is 106 Å². The van der Waals surface area contributed by atoms with Gasteiger partial charge in [0.05, 0.1) is 28.3 Å². The van der Waals surface area contributed by atoms with E-state index in [9.17, 15) is 41.1 Å². The van der Waals surface area contributed by atoms with E-state index >= 15 is 0 Å². The number of carbonyl (C=O) groups is 3. The van der Waals surface area contributed by atoms with Gasteiger partial charge in [0.1, 0.15) is 17.4 Å². The van der Waals surface area contributed by atoms with Crippen molar-refractivity contribution in [3.8, 4) is 0 Å². The maximum absolute atomic E-state index is 14.1. The standard InChI is InChI=1S/C40H41F5N8O4/c1-50-35-26(4-2-6-31(35)53(39(50)57)32-12-13-34(54)48-38(32)56)23-14-16-51(17-15-23)20-22-8-10-25(11-9-22)52-21-24-18-30(27(36(41)42)19-29(24)49-52)47-37(55)28-5-3-7-33(46-28)40(43,44)45/h2-7,18-19,21-23,25,32,36H,8-17,20H2,1H3,(H,47,55)(H,48,54,56)/t22-,25-,32?. The highest BCUT2D eigenvalue weighted by Crippen LogP contribution is 2.38. The fourth-order valence-electron chi connectivity index (χ4n) is 8.90. The second-order valence-electron chi connectivity index (χ2n) is 15.4. The molecule has 3 aliphatic rings. The number of benzene rings is 2. The van der Waals surface area contributed by atoms with Crippen LogP contribution in [0, 0.1) is 5.92 Å². The molecule has 1 atom stereocenters. The van der Waals surface area contributed by atoms with E-state index in [0.29, 0.717) is 22.3 Å². The molecule has 3 aromatic heterocycles. The largest absolute Gasteiger partial charge is 0.433 e. The molecule has 8 rings (SSSR count). The average molecular weight is 793 g/mol. The molecule has 3 amide bonds. The number of alkyl halides is 5. The summed E-state index contributed by atoms with van der Waals surface area (Å²) >= 11 is 0. The Balaban J connectivity index is 0.887. The number of aromatic nitrogens is 5. The zero-order chi connectivity index (χ0) is 40.2. The van der Waals surface area contributed by atoms with Gasteiger partial charge in [-0.2, -0.15) is 18.3 Å². The maximum Gasteiger partial charge on any atom is 0.433 e. The summed E-state index contributed by atoms with van der Waals surface area (Å²) < 4.78 is 72.6. The van der Waals surface area contributed by atoms with Crippen LogP contribution < -0.4 is 16.3 Å². The third kappa shape index (κ3) is 7.56. The van der Waals surface area contributed by atoms with Gasteiger partial charge in [-0.3, -0.25) is 33.5 Å². The van der Waals surface area contributed by atoms with Crippen LogP contribution >= 0.6 is 0 Å². The molecular weight excluding hydrogens is 751 g/mol. The summed E-state index contributed by atoms with van der Waals surface area (Å²) in [5, 5.41) is 9.81. The van der Waals surface area contributed by atoms with Gasteiger partial charge < -0.3 is 10.2 Å². The van der Waals surface area contributed by atoms with Crippen molar-refractivity contribution in [1.29, 1.82) is 0 Å². The van der Waals surface area contributed by atoms with Crippen molar-refractivity contribution in [2.24, 2.45) is 13.0 Å². The smallest absolute Gasteiger partial charge is 0.320 e. The van der Waals surface area contributed by atoms with Gasteiger partial charge in [-0.15, -0.1) is 0 Å². The van der Waals surface area contributed by atoms with Crippen molar-refractivity contribution in [3.63, 3.8) is 0 Å². The summed E-state index contributed by atoms with van der Waals surface area (Å²) in [4.78, 5) is 56.5. The average Bonchev–Trinajstić information content (AvgIpc) is 3.72. The number of imide groups is 1. The molecule has 57 heavy (non-hydrogen) atoms. The molecule has 300 valence electrons. The molecule has 0 radical (unpaired) electrons. The lowest BCUT2D eigenvalue weighted by Gasteiger charge is -2.37. The molecule has 3 fully saturated rings. The molecule has 5 heterocycles. The fourth-order valence-corrected chi connectivity index (χ4v) is 8.90. The second-order valence-corrected chi connectivity index (χ2v) is 15.4. The first-order valence-electron chi connectivity index (χ1n) is 19.2. The van der Waals surface area contributed by atoms with Gasteiger partial charge in [-0.1, -0.05) is 18.2 Å². The summed E-state index contributed by atoms with van der Waals surface area (Å²) in [5.74, 6) is -1.10. The number of amides is 3. The minimum Gasteiger partial charge on any atom is -0.320 e. The van der Waals surface area contributed by atoms with Gasteiger partial charge in [0, 0.05) is 37.2 Å². The van der Waals surface area contributed by atoms with E-state index in [2.05, 4.69) is 31.7 Å². The number of carbonyl (C=O) groups excluding carboxylic acids is 3. The van der Waals surface area contributed by atoms with E-state index in [4.69, 9.17) is 0 Å². The Morgan fingerprint density at radius 1 is 0.965 bits per heavy atom. The van der Waals surface area contributed by atoms with Gasteiger partial charge >= 0.3 is 11.9 Å². The number of aryl methyl sites for hydroxylation is 1. The minimum absolute atomic E-state index is 0.0568. The second kappa shape index (κ2) is 15.1. The number of hydrogen-bond donors (Lipinski definition) is 2. The molecule has 0 spiro atoms. The van der Waals surface area contributed by atoms with E-state index in [0.717, 1.165) is 87.4 Å². The van der Waals surface area contributed by atoms with Gasteiger partial charge in [-0.25, -0.2) is 18.6 Å². The first-order valence-corrected chi connectivity index (χ1v) is 19.2. The number of anilines is 1. The Hall–Kier alpha value is -5.45. The van der Waals surface area contributed by atoms with Crippen molar-refractivity contribution in [3.05, 3.63) is 87.7 Å².